The summed E-state index contributed by atoms with van der Waals surface area (Å²) in [6, 6.07) is 0. The van der Waals surface area contributed by atoms with Gasteiger partial charge in [0, 0.05) is 0 Å². The van der Waals surface area contributed by atoms with Crippen molar-refractivity contribution in [2.24, 2.45) is 0 Å². The first-order chi connectivity index (χ1) is 6.45. The standard InChI is InChI=1S/C9H14O5/c1-4-6(10)8(12)7(11)5(2)9(13)14-3/h4,6-8,10-12H,1-2H2,3H3. The lowest BCUT2D eigenvalue weighted by molar-refractivity contribution is -0.138. The molecule has 14 heavy (non-hydrogen) atoms. The molecule has 0 fully saturated rings. The van der Waals surface area contributed by atoms with E-state index in [1.54, 1.807) is 0 Å². The first kappa shape index (κ1) is 12.8. The van der Waals surface area contributed by atoms with E-state index in [4.69, 9.17) is 5.11 Å². The van der Waals surface area contributed by atoms with Crippen LogP contribution in [0, 0.1) is 0 Å². The zero-order valence-corrected chi connectivity index (χ0v) is 7.88. The largest absolute Gasteiger partial charge is 0.466 e. The molecule has 3 atom stereocenters. The summed E-state index contributed by atoms with van der Waals surface area (Å²) in [6.45, 7) is 6.45. The van der Waals surface area contributed by atoms with Gasteiger partial charge in [0.1, 0.15) is 18.3 Å². The molecule has 0 radical (unpaired) electrons. The zero-order valence-electron chi connectivity index (χ0n) is 7.88. The van der Waals surface area contributed by atoms with E-state index < -0.39 is 24.3 Å². The van der Waals surface area contributed by atoms with Crippen LogP contribution in [-0.2, 0) is 9.53 Å². The molecule has 0 aromatic carbocycles. The van der Waals surface area contributed by atoms with Crippen LogP contribution in [0.2, 0.25) is 0 Å². The Labute approximate surface area is 81.9 Å². The molecule has 0 rings (SSSR count). The van der Waals surface area contributed by atoms with Gasteiger partial charge in [0.15, 0.2) is 0 Å². The number of carbonyl (C=O) groups excluding carboxylic acids is 1. The fourth-order valence-corrected chi connectivity index (χ4v) is 0.784. The number of methoxy groups -OCH3 is 1. The summed E-state index contributed by atoms with van der Waals surface area (Å²) in [5.41, 5.74) is -0.319. The van der Waals surface area contributed by atoms with Gasteiger partial charge in [-0.05, 0) is 0 Å². The van der Waals surface area contributed by atoms with E-state index in [9.17, 15) is 15.0 Å². The van der Waals surface area contributed by atoms with Crippen molar-refractivity contribution >= 4 is 5.97 Å². The van der Waals surface area contributed by atoms with Crippen LogP contribution in [-0.4, -0.2) is 46.7 Å². The molecule has 0 aliphatic heterocycles. The average Bonchev–Trinajstić information content (AvgIpc) is 2.23. The van der Waals surface area contributed by atoms with Crippen LogP contribution in [0.4, 0.5) is 0 Å². The fourth-order valence-electron chi connectivity index (χ4n) is 0.784. The molecular formula is C9H14O5. The number of esters is 1. The van der Waals surface area contributed by atoms with Crippen LogP contribution >= 0.6 is 0 Å². The summed E-state index contributed by atoms with van der Waals surface area (Å²) in [5.74, 6) is -0.840. The summed E-state index contributed by atoms with van der Waals surface area (Å²) in [4.78, 5) is 10.9. The van der Waals surface area contributed by atoms with Gasteiger partial charge in [-0.1, -0.05) is 12.7 Å². The first-order valence-electron chi connectivity index (χ1n) is 3.89. The lowest BCUT2D eigenvalue weighted by Gasteiger charge is -2.20. The van der Waals surface area contributed by atoms with Gasteiger partial charge < -0.3 is 20.1 Å². The highest BCUT2D eigenvalue weighted by molar-refractivity contribution is 5.88. The Bertz CT molecular complexity index is 235. The molecule has 0 saturated heterocycles. The van der Waals surface area contributed by atoms with Crippen molar-refractivity contribution in [3.63, 3.8) is 0 Å². The number of aliphatic hydroxyl groups is 3. The maximum atomic E-state index is 10.9. The second-order valence-corrected chi connectivity index (χ2v) is 2.68. The van der Waals surface area contributed by atoms with Crippen LogP contribution < -0.4 is 0 Å². The monoisotopic (exact) mass is 202 g/mol. The zero-order chi connectivity index (χ0) is 11.3. The minimum atomic E-state index is -1.57. The Kier molecular flexibility index (Phi) is 5.07. The molecule has 0 spiro atoms. The lowest BCUT2D eigenvalue weighted by Crippen LogP contribution is -2.39. The molecular weight excluding hydrogens is 188 g/mol. The summed E-state index contributed by atoms with van der Waals surface area (Å²) < 4.78 is 4.28. The van der Waals surface area contributed by atoms with Crippen molar-refractivity contribution in [1.29, 1.82) is 0 Å². The molecule has 3 N–H and O–H groups in total. The van der Waals surface area contributed by atoms with Gasteiger partial charge in [-0.3, -0.25) is 0 Å². The van der Waals surface area contributed by atoms with Gasteiger partial charge in [0.2, 0.25) is 0 Å². The predicted molar refractivity (Wildman–Crippen MR) is 49.4 cm³/mol. The van der Waals surface area contributed by atoms with Crippen molar-refractivity contribution in [1.82, 2.24) is 0 Å². The summed E-state index contributed by atoms with van der Waals surface area (Å²) in [7, 11) is 1.12. The van der Waals surface area contributed by atoms with Crippen LogP contribution in [0.5, 0.6) is 0 Å². The normalized spacial score (nSPS) is 16.6. The van der Waals surface area contributed by atoms with E-state index in [1.807, 2.05) is 0 Å². The molecule has 3 unspecified atom stereocenters. The first-order valence-corrected chi connectivity index (χ1v) is 3.89. The minimum absolute atomic E-state index is 0.319. The average molecular weight is 202 g/mol. The number of carbonyl (C=O) groups is 1. The van der Waals surface area contributed by atoms with E-state index in [1.165, 1.54) is 0 Å². The summed E-state index contributed by atoms with van der Waals surface area (Å²) in [6.07, 6.45) is -3.40. The van der Waals surface area contributed by atoms with Crippen LogP contribution in [0.15, 0.2) is 24.8 Å². The molecule has 0 saturated carbocycles. The molecule has 0 aliphatic rings. The molecule has 5 nitrogen and oxygen atoms in total. The van der Waals surface area contributed by atoms with Crippen molar-refractivity contribution < 1.29 is 24.9 Å². The van der Waals surface area contributed by atoms with Gasteiger partial charge in [-0.25, -0.2) is 4.79 Å². The van der Waals surface area contributed by atoms with Crippen molar-refractivity contribution in [2.75, 3.05) is 7.11 Å². The number of hydrogen-bond donors (Lipinski definition) is 3. The SMILES string of the molecule is C=CC(O)C(O)C(O)C(=C)C(=O)OC. The predicted octanol–water partition coefficient (Wildman–Crippen LogP) is -1.02. The second-order valence-electron chi connectivity index (χ2n) is 2.68. The molecule has 5 heteroatoms. The van der Waals surface area contributed by atoms with Crippen LogP contribution in [0.25, 0.3) is 0 Å². The van der Waals surface area contributed by atoms with Gasteiger partial charge in [0.25, 0.3) is 0 Å². The molecule has 0 aliphatic carbocycles. The smallest absolute Gasteiger partial charge is 0.335 e. The third-order valence-corrected chi connectivity index (χ3v) is 1.72. The van der Waals surface area contributed by atoms with E-state index in [-0.39, 0.29) is 5.57 Å². The van der Waals surface area contributed by atoms with Crippen LogP contribution in [0.3, 0.4) is 0 Å². The van der Waals surface area contributed by atoms with Gasteiger partial charge in [-0.15, -0.1) is 6.58 Å². The quantitative estimate of drug-likeness (QED) is 0.302. The maximum absolute atomic E-state index is 10.9. The maximum Gasteiger partial charge on any atom is 0.335 e. The van der Waals surface area contributed by atoms with Gasteiger partial charge in [-0.2, -0.15) is 0 Å². The van der Waals surface area contributed by atoms with Crippen molar-refractivity contribution in [3.05, 3.63) is 24.8 Å². The molecule has 0 aromatic rings. The van der Waals surface area contributed by atoms with E-state index >= 15 is 0 Å². The third kappa shape index (κ3) is 2.95. The molecule has 0 heterocycles. The molecule has 0 amide bonds. The van der Waals surface area contributed by atoms with E-state index in [0.717, 1.165) is 13.2 Å². The highest BCUT2D eigenvalue weighted by atomic mass is 16.5. The third-order valence-electron chi connectivity index (χ3n) is 1.72. The molecule has 0 aromatic heterocycles. The Morgan fingerprint density at radius 3 is 2.29 bits per heavy atom. The Balaban J connectivity index is 4.45. The van der Waals surface area contributed by atoms with Gasteiger partial charge in [0.05, 0.1) is 12.7 Å². The minimum Gasteiger partial charge on any atom is -0.466 e. The fraction of sp³-hybridized carbons (Fsp3) is 0.444. The number of aliphatic hydroxyl groups excluding tert-OH is 3. The molecule has 80 valence electrons. The highest BCUT2D eigenvalue weighted by Crippen LogP contribution is 2.10. The van der Waals surface area contributed by atoms with Crippen molar-refractivity contribution in [2.45, 2.75) is 18.3 Å². The summed E-state index contributed by atoms with van der Waals surface area (Å²) >= 11 is 0. The van der Waals surface area contributed by atoms with Crippen LogP contribution in [0.1, 0.15) is 0 Å². The Hall–Kier alpha value is -1.17. The number of ether oxygens (including phenoxy) is 1. The lowest BCUT2D eigenvalue weighted by atomic mass is 10.0. The topological polar surface area (TPSA) is 87.0 Å². The van der Waals surface area contributed by atoms with Gasteiger partial charge >= 0.3 is 5.97 Å². The molecule has 0 bridgehead atoms. The Morgan fingerprint density at radius 2 is 1.93 bits per heavy atom. The Morgan fingerprint density at radius 1 is 1.43 bits per heavy atom. The van der Waals surface area contributed by atoms with E-state index in [2.05, 4.69) is 17.9 Å². The van der Waals surface area contributed by atoms with Crippen molar-refractivity contribution in [3.8, 4) is 0 Å². The highest BCUT2D eigenvalue weighted by Gasteiger charge is 2.28. The summed E-state index contributed by atoms with van der Waals surface area (Å²) in [5, 5.41) is 27.7. The number of hydrogen-bond acceptors (Lipinski definition) is 5. The number of rotatable bonds is 5. The second kappa shape index (κ2) is 5.54. The van der Waals surface area contributed by atoms with E-state index in [0.29, 0.717) is 0 Å².